The van der Waals surface area contributed by atoms with Crippen LogP contribution in [0, 0.1) is 0 Å². The van der Waals surface area contributed by atoms with Crippen molar-refractivity contribution < 1.29 is 4.79 Å². The minimum absolute atomic E-state index is 0.301. The molecular weight excluding hydrogens is 220 g/mol. The van der Waals surface area contributed by atoms with Gasteiger partial charge in [0, 0.05) is 37.3 Å². The van der Waals surface area contributed by atoms with Crippen molar-refractivity contribution >= 4 is 17.7 Å². The van der Waals surface area contributed by atoms with Gasteiger partial charge in [-0.3, -0.25) is 4.79 Å². The van der Waals surface area contributed by atoms with Crippen LogP contribution in [0.1, 0.15) is 33.1 Å². The molecule has 0 spiro atoms. The standard InChI is InChI=1S/C12H24N2OS/c1-4-12(15)14-7-5-11(6-8-14)13-10(2)9-16-3/h10-11,13H,4-9H2,1-3H3. The van der Waals surface area contributed by atoms with E-state index in [1.807, 2.05) is 23.6 Å². The zero-order valence-corrected chi connectivity index (χ0v) is 11.5. The largest absolute Gasteiger partial charge is 0.343 e. The molecule has 0 radical (unpaired) electrons. The fourth-order valence-corrected chi connectivity index (χ4v) is 2.82. The Hall–Kier alpha value is -0.220. The second-order valence-corrected chi connectivity index (χ2v) is 5.44. The van der Waals surface area contributed by atoms with E-state index < -0.39 is 0 Å². The van der Waals surface area contributed by atoms with E-state index in [1.54, 1.807) is 0 Å². The lowest BCUT2D eigenvalue weighted by molar-refractivity contribution is -0.131. The van der Waals surface area contributed by atoms with Crippen molar-refractivity contribution in [3.63, 3.8) is 0 Å². The van der Waals surface area contributed by atoms with Gasteiger partial charge in [-0.25, -0.2) is 0 Å². The molecule has 0 saturated carbocycles. The molecule has 1 aliphatic rings. The van der Waals surface area contributed by atoms with Gasteiger partial charge in [-0.2, -0.15) is 11.8 Å². The SMILES string of the molecule is CCC(=O)N1CCC(NC(C)CSC)CC1. The molecule has 1 heterocycles. The fourth-order valence-electron chi connectivity index (χ4n) is 2.22. The van der Waals surface area contributed by atoms with Crippen molar-refractivity contribution in [2.45, 2.75) is 45.2 Å². The van der Waals surface area contributed by atoms with Crippen molar-refractivity contribution in [1.82, 2.24) is 10.2 Å². The van der Waals surface area contributed by atoms with Crippen LogP contribution in [-0.2, 0) is 4.79 Å². The first-order chi connectivity index (χ1) is 7.67. The number of piperidine rings is 1. The maximum Gasteiger partial charge on any atom is 0.222 e. The topological polar surface area (TPSA) is 32.3 Å². The number of likely N-dealkylation sites (tertiary alicyclic amines) is 1. The lowest BCUT2D eigenvalue weighted by Crippen LogP contribution is -2.47. The molecule has 0 aromatic carbocycles. The van der Waals surface area contributed by atoms with Crippen molar-refractivity contribution in [3.8, 4) is 0 Å². The number of nitrogens with one attached hydrogen (secondary N) is 1. The highest BCUT2D eigenvalue weighted by atomic mass is 32.2. The predicted molar refractivity (Wildman–Crippen MR) is 70.9 cm³/mol. The molecule has 1 atom stereocenters. The molecule has 1 N–H and O–H groups in total. The van der Waals surface area contributed by atoms with Gasteiger partial charge in [0.1, 0.15) is 0 Å². The first-order valence-corrected chi connectivity index (χ1v) is 7.59. The van der Waals surface area contributed by atoms with E-state index in [0.717, 1.165) is 31.7 Å². The molecule has 1 fully saturated rings. The lowest BCUT2D eigenvalue weighted by Gasteiger charge is -2.33. The van der Waals surface area contributed by atoms with Gasteiger partial charge in [0.05, 0.1) is 0 Å². The molecule has 1 amide bonds. The molecule has 4 heteroatoms. The summed E-state index contributed by atoms with van der Waals surface area (Å²) in [7, 11) is 0. The summed E-state index contributed by atoms with van der Waals surface area (Å²) in [6, 6.07) is 1.18. The zero-order chi connectivity index (χ0) is 12.0. The molecule has 0 bridgehead atoms. The Morgan fingerprint density at radius 1 is 1.50 bits per heavy atom. The molecule has 1 unspecified atom stereocenters. The minimum Gasteiger partial charge on any atom is -0.343 e. The normalized spacial score (nSPS) is 19.8. The lowest BCUT2D eigenvalue weighted by atomic mass is 10.0. The van der Waals surface area contributed by atoms with Gasteiger partial charge < -0.3 is 10.2 Å². The summed E-state index contributed by atoms with van der Waals surface area (Å²) in [5.74, 6) is 1.46. The number of hydrogen-bond acceptors (Lipinski definition) is 3. The Morgan fingerprint density at radius 3 is 2.62 bits per heavy atom. The third-order valence-corrected chi connectivity index (χ3v) is 3.92. The molecule has 3 nitrogen and oxygen atoms in total. The van der Waals surface area contributed by atoms with Gasteiger partial charge in [-0.15, -0.1) is 0 Å². The maximum absolute atomic E-state index is 11.5. The summed E-state index contributed by atoms with van der Waals surface area (Å²) in [4.78, 5) is 13.5. The molecule has 94 valence electrons. The van der Waals surface area contributed by atoms with Gasteiger partial charge >= 0.3 is 0 Å². The van der Waals surface area contributed by atoms with Crippen LogP contribution in [0.5, 0.6) is 0 Å². The van der Waals surface area contributed by atoms with Gasteiger partial charge in [0.25, 0.3) is 0 Å². The second kappa shape index (κ2) is 7.17. The van der Waals surface area contributed by atoms with Gasteiger partial charge in [-0.05, 0) is 26.0 Å². The molecular formula is C12H24N2OS. The molecule has 0 aromatic heterocycles. The second-order valence-electron chi connectivity index (χ2n) is 4.53. The van der Waals surface area contributed by atoms with Crippen LogP contribution >= 0.6 is 11.8 Å². The van der Waals surface area contributed by atoms with Crippen molar-refractivity contribution in [2.75, 3.05) is 25.1 Å². The van der Waals surface area contributed by atoms with E-state index in [1.165, 1.54) is 0 Å². The Balaban J connectivity index is 2.24. The number of rotatable bonds is 5. The number of amides is 1. The number of thioether (sulfide) groups is 1. The molecule has 1 saturated heterocycles. The molecule has 1 rings (SSSR count). The highest BCUT2D eigenvalue weighted by molar-refractivity contribution is 7.98. The van der Waals surface area contributed by atoms with Crippen LogP contribution in [-0.4, -0.2) is 48.0 Å². The average molecular weight is 244 g/mol. The quantitative estimate of drug-likeness (QED) is 0.799. The zero-order valence-electron chi connectivity index (χ0n) is 10.7. The van der Waals surface area contributed by atoms with Crippen LogP contribution < -0.4 is 5.32 Å². The summed E-state index contributed by atoms with van der Waals surface area (Å²) < 4.78 is 0. The van der Waals surface area contributed by atoms with Crippen molar-refractivity contribution in [2.24, 2.45) is 0 Å². The monoisotopic (exact) mass is 244 g/mol. The van der Waals surface area contributed by atoms with Gasteiger partial charge in [-0.1, -0.05) is 6.92 Å². The first-order valence-electron chi connectivity index (χ1n) is 6.20. The third kappa shape index (κ3) is 4.34. The van der Waals surface area contributed by atoms with E-state index in [9.17, 15) is 4.79 Å². The maximum atomic E-state index is 11.5. The molecule has 0 aromatic rings. The minimum atomic E-state index is 0.301. The summed E-state index contributed by atoms with van der Waals surface area (Å²) in [5.41, 5.74) is 0. The van der Waals surface area contributed by atoms with Crippen LogP contribution in [0.4, 0.5) is 0 Å². The van der Waals surface area contributed by atoms with Crippen molar-refractivity contribution in [3.05, 3.63) is 0 Å². The van der Waals surface area contributed by atoms with E-state index in [0.29, 0.717) is 24.4 Å². The average Bonchev–Trinajstić information content (AvgIpc) is 2.29. The number of carbonyl (C=O) groups excluding carboxylic acids is 1. The number of nitrogens with zero attached hydrogens (tertiary/aromatic N) is 1. The molecule has 1 aliphatic heterocycles. The highest BCUT2D eigenvalue weighted by Crippen LogP contribution is 2.12. The van der Waals surface area contributed by atoms with E-state index in [4.69, 9.17) is 0 Å². The Morgan fingerprint density at radius 2 is 2.12 bits per heavy atom. The summed E-state index contributed by atoms with van der Waals surface area (Å²) >= 11 is 1.88. The van der Waals surface area contributed by atoms with Crippen molar-refractivity contribution in [1.29, 1.82) is 0 Å². The van der Waals surface area contributed by atoms with Crippen LogP contribution in [0.15, 0.2) is 0 Å². The molecule has 0 aliphatic carbocycles. The smallest absolute Gasteiger partial charge is 0.222 e. The van der Waals surface area contributed by atoms with Crippen LogP contribution in [0.3, 0.4) is 0 Å². The first kappa shape index (κ1) is 13.8. The number of hydrogen-bond donors (Lipinski definition) is 1. The van der Waals surface area contributed by atoms with Crippen LogP contribution in [0.2, 0.25) is 0 Å². The summed E-state index contributed by atoms with van der Waals surface area (Å²) in [5, 5.41) is 3.64. The van der Waals surface area contributed by atoms with E-state index >= 15 is 0 Å². The van der Waals surface area contributed by atoms with E-state index in [-0.39, 0.29) is 0 Å². The fraction of sp³-hybridized carbons (Fsp3) is 0.917. The van der Waals surface area contributed by atoms with Gasteiger partial charge in [0.15, 0.2) is 0 Å². The van der Waals surface area contributed by atoms with Crippen LogP contribution in [0.25, 0.3) is 0 Å². The predicted octanol–water partition coefficient (Wildman–Crippen LogP) is 1.73. The number of carbonyl (C=O) groups is 1. The molecule has 16 heavy (non-hydrogen) atoms. The highest BCUT2D eigenvalue weighted by Gasteiger charge is 2.22. The van der Waals surface area contributed by atoms with Gasteiger partial charge in [0.2, 0.25) is 5.91 Å². The third-order valence-electron chi connectivity index (χ3n) is 3.09. The summed E-state index contributed by atoms with van der Waals surface area (Å²) in [6.07, 6.45) is 4.98. The van der Waals surface area contributed by atoms with E-state index in [2.05, 4.69) is 18.5 Å². The Labute approximate surface area is 103 Å². The Kier molecular flexibility index (Phi) is 6.21. The summed E-state index contributed by atoms with van der Waals surface area (Å²) in [6.45, 7) is 6.03. The Bertz CT molecular complexity index is 215.